The Morgan fingerprint density at radius 1 is 0.484 bits per heavy atom. The van der Waals surface area contributed by atoms with Gasteiger partial charge in [0.1, 0.15) is 18.2 Å². The van der Waals surface area contributed by atoms with E-state index < -0.39 is 0 Å². The average molecular weight is 796 g/mol. The van der Waals surface area contributed by atoms with E-state index in [0.717, 1.165) is 50.1 Å². The summed E-state index contributed by atoms with van der Waals surface area (Å²) < 4.78 is 0. The number of fused-ring (bicyclic) bond motifs is 5. The third-order valence-electron chi connectivity index (χ3n) is 12.6. The van der Waals surface area contributed by atoms with E-state index in [1.165, 1.54) is 54.2 Å². The molecule has 3 N–H and O–H groups in total. The maximum atomic E-state index is 5.43. The van der Waals surface area contributed by atoms with Gasteiger partial charge in [0.2, 0.25) is 0 Å². The summed E-state index contributed by atoms with van der Waals surface area (Å²) in [5, 5.41) is 21.0. The highest BCUT2D eigenvalue weighted by Crippen LogP contribution is 2.41. The van der Waals surface area contributed by atoms with Crippen LogP contribution in [0.3, 0.4) is 0 Å². The fourth-order valence-electron chi connectivity index (χ4n) is 9.66. The predicted octanol–water partition coefficient (Wildman–Crippen LogP) is 10.6. The lowest BCUT2D eigenvalue weighted by Crippen LogP contribution is -2.45. The van der Waals surface area contributed by atoms with Crippen LogP contribution in [0.5, 0.6) is 0 Å². The number of hydrogen-bond acceptors (Lipinski definition) is 5. The van der Waals surface area contributed by atoms with Crippen molar-refractivity contribution >= 4 is 49.4 Å². The standard InChI is InChI=1S/C57H41N5/c1-3-14-36(15-4-1)55-60-56(37-16-5-2-6-17-37)62-57(61-55)44-33-42(32-43(34-44)53-47-21-9-7-18-39(47)30-40-19-8-10-22-48(40)53)45-24-13-20-38-31-41(26-27-46(38)45)54-51-35-58-29-28-49(51)50-23-11-12-25-52(50)59-54/h1-35,52,55,57,59,61H,(H,60,62). The smallest absolute Gasteiger partial charge is 0.131 e. The Morgan fingerprint density at radius 3 is 2.03 bits per heavy atom. The molecule has 0 fully saturated rings. The fraction of sp³-hybridized carbons (Fsp3) is 0.0526. The number of hydrogen-bond donors (Lipinski definition) is 3. The summed E-state index contributed by atoms with van der Waals surface area (Å²) in [7, 11) is 0. The maximum Gasteiger partial charge on any atom is 0.131 e. The molecule has 0 radical (unpaired) electrons. The highest BCUT2D eigenvalue weighted by molar-refractivity contribution is 6.13. The fourth-order valence-corrected chi connectivity index (χ4v) is 9.66. The van der Waals surface area contributed by atoms with Gasteiger partial charge in [-0.3, -0.25) is 10.3 Å². The van der Waals surface area contributed by atoms with Crippen LogP contribution in [-0.2, 0) is 0 Å². The van der Waals surface area contributed by atoms with Crippen molar-refractivity contribution in [1.82, 2.24) is 20.9 Å². The topological polar surface area (TPSA) is 61.3 Å². The molecule has 2 aliphatic heterocycles. The zero-order valence-electron chi connectivity index (χ0n) is 33.8. The molecule has 5 nitrogen and oxygen atoms in total. The van der Waals surface area contributed by atoms with Crippen molar-refractivity contribution in [3.8, 4) is 22.3 Å². The third-order valence-corrected chi connectivity index (χ3v) is 12.6. The van der Waals surface area contributed by atoms with E-state index in [1.54, 1.807) is 0 Å². The van der Waals surface area contributed by atoms with Crippen LogP contribution in [0.4, 0.5) is 0 Å². The summed E-state index contributed by atoms with van der Waals surface area (Å²) in [5.74, 6) is 0.860. The zero-order valence-corrected chi connectivity index (χ0v) is 33.8. The molecule has 0 saturated carbocycles. The molecule has 9 aromatic rings. The summed E-state index contributed by atoms with van der Waals surface area (Å²) in [5.41, 5.74) is 11.5. The Labute approximate surface area is 359 Å². The van der Waals surface area contributed by atoms with Gasteiger partial charge >= 0.3 is 0 Å². The molecule has 0 saturated heterocycles. The number of aliphatic imine (C=N–C) groups is 1. The Bertz CT molecular complexity index is 3410. The van der Waals surface area contributed by atoms with Gasteiger partial charge in [-0.1, -0.05) is 164 Å². The van der Waals surface area contributed by atoms with Crippen molar-refractivity contribution in [3.63, 3.8) is 0 Å². The number of nitrogens with one attached hydrogen (secondary N) is 3. The second-order valence-corrected chi connectivity index (χ2v) is 16.3. The predicted molar refractivity (Wildman–Crippen MR) is 256 cm³/mol. The van der Waals surface area contributed by atoms with Gasteiger partial charge in [-0.05, 0) is 118 Å². The van der Waals surface area contributed by atoms with E-state index in [2.05, 4.69) is 221 Å². The first-order chi connectivity index (χ1) is 30.7. The molecule has 3 atom stereocenters. The number of nitrogens with zero attached hydrogens (tertiary/aromatic N) is 2. The number of benzene rings is 8. The van der Waals surface area contributed by atoms with Gasteiger partial charge in [-0.25, -0.2) is 4.99 Å². The highest BCUT2D eigenvalue weighted by Gasteiger charge is 2.27. The molecule has 0 spiro atoms. The number of allylic oxidation sites excluding steroid dienone is 2. The lowest BCUT2D eigenvalue weighted by atomic mass is 9.87. The maximum absolute atomic E-state index is 5.43. The third kappa shape index (κ3) is 6.30. The van der Waals surface area contributed by atoms with Gasteiger partial charge in [0.25, 0.3) is 0 Å². The van der Waals surface area contributed by atoms with Crippen LogP contribution in [-0.4, -0.2) is 16.9 Å². The molecule has 12 rings (SSSR count). The molecule has 294 valence electrons. The number of amidine groups is 1. The first kappa shape index (κ1) is 36.0. The monoisotopic (exact) mass is 795 g/mol. The van der Waals surface area contributed by atoms with Crippen molar-refractivity contribution in [2.75, 3.05) is 0 Å². The molecular formula is C57H41N5. The molecule has 62 heavy (non-hydrogen) atoms. The van der Waals surface area contributed by atoms with E-state index in [1.807, 2.05) is 12.4 Å². The minimum absolute atomic E-state index is 0.105. The Morgan fingerprint density at radius 2 is 1.21 bits per heavy atom. The van der Waals surface area contributed by atoms with Crippen LogP contribution in [0.1, 0.15) is 34.6 Å². The summed E-state index contributed by atoms with van der Waals surface area (Å²) in [4.78, 5) is 9.99. The van der Waals surface area contributed by atoms with E-state index in [0.29, 0.717) is 0 Å². The molecule has 3 aliphatic rings. The molecule has 0 amide bonds. The van der Waals surface area contributed by atoms with Crippen molar-refractivity contribution < 1.29 is 0 Å². The lowest BCUT2D eigenvalue weighted by molar-refractivity contribution is 0.409. The van der Waals surface area contributed by atoms with Crippen LogP contribution in [0.25, 0.3) is 65.8 Å². The van der Waals surface area contributed by atoms with Crippen LogP contribution in [0.2, 0.25) is 0 Å². The summed E-state index contributed by atoms with van der Waals surface area (Å²) in [6, 6.07) is 63.8. The first-order valence-corrected chi connectivity index (χ1v) is 21.3. The van der Waals surface area contributed by atoms with Gasteiger partial charge in [0, 0.05) is 23.2 Å². The quantitative estimate of drug-likeness (QED) is 0.147. The summed E-state index contributed by atoms with van der Waals surface area (Å²) >= 11 is 0. The van der Waals surface area contributed by atoms with Crippen LogP contribution in [0, 0.1) is 0 Å². The van der Waals surface area contributed by atoms with Crippen LogP contribution in [0.15, 0.2) is 218 Å². The second-order valence-electron chi connectivity index (χ2n) is 16.3. The van der Waals surface area contributed by atoms with Crippen LogP contribution < -0.4 is 26.4 Å². The number of rotatable bonds is 6. The highest BCUT2D eigenvalue weighted by atomic mass is 15.3. The van der Waals surface area contributed by atoms with Crippen molar-refractivity contribution in [3.05, 3.63) is 245 Å². The lowest BCUT2D eigenvalue weighted by Gasteiger charge is -2.32. The van der Waals surface area contributed by atoms with Gasteiger partial charge in [-0.15, -0.1) is 0 Å². The minimum Gasteiger partial charge on any atom is -0.374 e. The molecule has 1 aromatic heterocycles. The van der Waals surface area contributed by atoms with E-state index in [-0.39, 0.29) is 18.4 Å². The van der Waals surface area contributed by atoms with E-state index in [4.69, 9.17) is 4.99 Å². The second kappa shape index (κ2) is 15.0. The molecule has 3 heterocycles. The molecular weight excluding hydrogens is 755 g/mol. The first-order valence-electron chi connectivity index (χ1n) is 21.3. The van der Waals surface area contributed by atoms with Gasteiger partial charge in [0.05, 0.1) is 11.7 Å². The summed E-state index contributed by atoms with van der Waals surface area (Å²) in [6.07, 6.45) is 12.0. The minimum atomic E-state index is -0.342. The van der Waals surface area contributed by atoms with Gasteiger partial charge in [-0.2, -0.15) is 0 Å². The van der Waals surface area contributed by atoms with Crippen molar-refractivity contribution in [1.29, 1.82) is 0 Å². The molecule has 1 aliphatic carbocycles. The average Bonchev–Trinajstić information content (AvgIpc) is 3.35. The molecule has 3 unspecified atom stereocenters. The number of pyridine rings is 1. The van der Waals surface area contributed by atoms with Gasteiger partial charge in [0.15, 0.2) is 0 Å². The Kier molecular flexibility index (Phi) is 8.72. The number of aromatic nitrogens is 1. The largest absolute Gasteiger partial charge is 0.374 e. The van der Waals surface area contributed by atoms with Gasteiger partial charge < -0.3 is 10.6 Å². The van der Waals surface area contributed by atoms with Crippen LogP contribution >= 0.6 is 0 Å². The Balaban J connectivity index is 1.07. The molecule has 8 aromatic carbocycles. The van der Waals surface area contributed by atoms with Crippen molar-refractivity contribution in [2.24, 2.45) is 4.99 Å². The molecule has 0 bridgehead atoms. The van der Waals surface area contributed by atoms with E-state index >= 15 is 0 Å². The zero-order chi connectivity index (χ0) is 41.0. The summed E-state index contributed by atoms with van der Waals surface area (Å²) in [6.45, 7) is 0. The molecule has 5 heteroatoms. The van der Waals surface area contributed by atoms with Crippen molar-refractivity contribution in [2.45, 2.75) is 18.4 Å². The SMILES string of the molecule is C1=CC2=c3ccncc3=C(c3ccc4c(-c5cc(-c6c7ccccc7cc7ccccc67)cc(C6N=C(c7ccccc7)NC(c7ccccc7)N6)c5)cccc4c3)NC2C=C1. The Hall–Kier alpha value is -7.86. The van der Waals surface area contributed by atoms with E-state index in [9.17, 15) is 0 Å². The normalized spacial score (nSPS) is 17.9.